The number of carbonyl (C=O) groups is 2. The van der Waals surface area contributed by atoms with Gasteiger partial charge in [0.15, 0.2) is 0 Å². The summed E-state index contributed by atoms with van der Waals surface area (Å²) in [6.45, 7) is 10.9. The molecule has 2 N–H and O–H groups in total. The summed E-state index contributed by atoms with van der Waals surface area (Å²) >= 11 is 0. The Bertz CT molecular complexity index is 889. The minimum Gasteiger partial charge on any atom is -0.498 e. The molecule has 34 heavy (non-hydrogen) atoms. The van der Waals surface area contributed by atoms with Gasteiger partial charge >= 0.3 is 11.9 Å². The van der Waals surface area contributed by atoms with Crippen LogP contribution in [0.2, 0.25) is 0 Å². The fraction of sp³-hybridized carbons (Fsp3) is 0.786. The molecule has 0 spiro atoms. The van der Waals surface area contributed by atoms with Crippen molar-refractivity contribution in [3.8, 4) is 0 Å². The molecule has 4 aliphatic carbocycles. The summed E-state index contributed by atoms with van der Waals surface area (Å²) in [4.78, 5) is 24.8. The molecular formula is C28H42O6. The van der Waals surface area contributed by atoms with Crippen LogP contribution in [0.25, 0.3) is 0 Å². The van der Waals surface area contributed by atoms with E-state index in [0.29, 0.717) is 18.9 Å². The highest BCUT2D eigenvalue weighted by atomic mass is 16.5. The first-order valence-corrected chi connectivity index (χ1v) is 13.2. The average Bonchev–Trinajstić information content (AvgIpc) is 3.03. The van der Waals surface area contributed by atoms with Gasteiger partial charge in [-0.15, -0.1) is 0 Å². The number of fused-ring (bicyclic) bond motifs is 5. The van der Waals surface area contributed by atoms with Gasteiger partial charge in [-0.1, -0.05) is 19.9 Å². The Morgan fingerprint density at radius 1 is 1.15 bits per heavy atom. The van der Waals surface area contributed by atoms with Gasteiger partial charge in [0, 0.05) is 12.8 Å². The molecule has 4 rings (SSSR count). The minimum atomic E-state index is -1.01. The van der Waals surface area contributed by atoms with Crippen LogP contribution in [0, 0.1) is 34.5 Å². The molecule has 4 aliphatic rings. The zero-order chi connectivity index (χ0) is 24.9. The molecule has 0 amide bonds. The van der Waals surface area contributed by atoms with E-state index in [0.717, 1.165) is 37.9 Å². The second kappa shape index (κ2) is 9.00. The summed E-state index contributed by atoms with van der Waals surface area (Å²) < 4.78 is 11.6. The summed E-state index contributed by atoms with van der Waals surface area (Å²) in [5.41, 5.74) is -0.254. The zero-order valence-corrected chi connectivity index (χ0v) is 21.4. The maximum atomic E-state index is 13.5. The van der Waals surface area contributed by atoms with Crippen LogP contribution in [0.1, 0.15) is 86.0 Å². The SMILES string of the molecule is CCOC1=CC2=C[C@@H](C(=O)OC(C)C)[C@@H]3[C@H](CC[C@@]4(C)[C@H]3CC[C@@]4(O)CCC(=O)O)[C@@]2(C)CC1. The van der Waals surface area contributed by atoms with Crippen molar-refractivity contribution in [1.29, 1.82) is 0 Å². The Morgan fingerprint density at radius 3 is 2.50 bits per heavy atom. The molecule has 0 aromatic carbocycles. The topological polar surface area (TPSA) is 93.1 Å². The lowest BCUT2D eigenvalue weighted by molar-refractivity contribution is -0.166. The molecule has 6 heteroatoms. The molecule has 0 unspecified atom stereocenters. The third-order valence-corrected chi connectivity index (χ3v) is 9.82. The van der Waals surface area contributed by atoms with Crippen LogP contribution in [0.4, 0.5) is 0 Å². The maximum Gasteiger partial charge on any atom is 0.313 e. The lowest BCUT2D eigenvalue weighted by atomic mass is 9.45. The van der Waals surface area contributed by atoms with Crippen LogP contribution in [0.15, 0.2) is 23.5 Å². The van der Waals surface area contributed by atoms with Crippen molar-refractivity contribution in [1.82, 2.24) is 0 Å². The van der Waals surface area contributed by atoms with Gasteiger partial charge < -0.3 is 19.7 Å². The van der Waals surface area contributed by atoms with Crippen molar-refractivity contribution in [2.24, 2.45) is 34.5 Å². The highest BCUT2D eigenvalue weighted by Crippen LogP contribution is 2.68. The first-order chi connectivity index (χ1) is 15.9. The van der Waals surface area contributed by atoms with E-state index < -0.39 is 17.0 Å². The van der Waals surface area contributed by atoms with Crippen LogP contribution in [0.5, 0.6) is 0 Å². The second-order valence-corrected chi connectivity index (χ2v) is 11.8. The number of ether oxygens (including phenoxy) is 2. The Kier molecular flexibility index (Phi) is 6.69. The number of hydrogen-bond donors (Lipinski definition) is 2. The zero-order valence-electron chi connectivity index (χ0n) is 21.4. The van der Waals surface area contributed by atoms with Gasteiger partial charge in [0.1, 0.15) is 0 Å². The van der Waals surface area contributed by atoms with Crippen LogP contribution < -0.4 is 0 Å². The van der Waals surface area contributed by atoms with Gasteiger partial charge in [0.25, 0.3) is 0 Å². The van der Waals surface area contributed by atoms with Crippen LogP contribution >= 0.6 is 0 Å². The molecule has 0 saturated heterocycles. The van der Waals surface area contributed by atoms with E-state index in [-0.39, 0.29) is 48.1 Å². The van der Waals surface area contributed by atoms with E-state index in [1.54, 1.807) is 0 Å². The minimum absolute atomic E-state index is 0.0293. The van der Waals surface area contributed by atoms with Crippen molar-refractivity contribution in [2.75, 3.05) is 6.61 Å². The number of carbonyl (C=O) groups excluding carboxylic acids is 1. The van der Waals surface area contributed by atoms with Crippen LogP contribution in [-0.4, -0.2) is 40.5 Å². The largest absolute Gasteiger partial charge is 0.498 e. The summed E-state index contributed by atoms with van der Waals surface area (Å²) in [5.74, 6) is 0.133. The first kappa shape index (κ1) is 25.3. The van der Waals surface area contributed by atoms with Gasteiger partial charge in [-0.25, -0.2) is 0 Å². The molecule has 0 aromatic heterocycles. The molecule has 2 saturated carbocycles. The predicted octanol–water partition coefficient (Wildman–Crippen LogP) is 5.25. The molecular weight excluding hydrogens is 432 g/mol. The summed E-state index contributed by atoms with van der Waals surface area (Å²) in [7, 11) is 0. The molecule has 0 radical (unpaired) electrons. The van der Waals surface area contributed by atoms with Gasteiger partial charge in [-0.2, -0.15) is 0 Å². The van der Waals surface area contributed by atoms with Crippen LogP contribution in [0.3, 0.4) is 0 Å². The monoisotopic (exact) mass is 474 g/mol. The normalized spacial score (nSPS) is 41.0. The highest BCUT2D eigenvalue weighted by Gasteiger charge is 2.65. The lowest BCUT2D eigenvalue weighted by Gasteiger charge is -2.59. The van der Waals surface area contributed by atoms with E-state index in [1.807, 2.05) is 20.8 Å². The number of esters is 1. The summed E-state index contributed by atoms with van der Waals surface area (Å²) in [5, 5.41) is 21.0. The Morgan fingerprint density at radius 2 is 1.85 bits per heavy atom. The quantitative estimate of drug-likeness (QED) is 0.489. The number of rotatable bonds is 7. The van der Waals surface area contributed by atoms with Gasteiger partial charge in [-0.3, -0.25) is 9.59 Å². The number of allylic oxidation sites excluding steroid dienone is 3. The molecule has 6 nitrogen and oxygen atoms in total. The Labute approximate surface area is 203 Å². The maximum absolute atomic E-state index is 13.5. The number of carboxylic acids is 1. The van der Waals surface area contributed by atoms with E-state index in [2.05, 4.69) is 26.0 Å². The van der Waals surface area contributed by atoms with Gasteiger partial charge in [0.05, 0.1) is 30.0 Å². The van der Waals surface area contributed by atoms with Crippen molar-refractivity contribution < 1.29 is 29.3 Å². The van der Waals surface area contributed by atoms with Gasteiger partial charge in [0.2, 0.25) is 0 Å². The van der Waals surface area contributed by atoms with Crippen molar-refractivity contribution in [3.63, 3.8) is 0 Å². The summed E-state index contributed by atoms with van der Waals surface area (Å²) in [6, 6.07) is 0. The van der Waals surface area contributed by atoms with E-state index in [9.17, 15) is 19.8 Å². The first-order valence-electron chi connectivity index (χ1n) is 13.2. The van der Waals surface area contributed by atoms with Crippen molar-refractivity contribution in [2.45, 2.75) is 97.7 Å². The molecule has 2 fully saturated rings. The molecule has 0 aliphatic heterocycles. The van der Waals surface area contributed by atoms with Crippen molar-refractivity contribution >= 4 is 11.9 Å². The van der Waals surface area contributed by atoms with E-state index in [1.165, 1.54) is 5.57 Å². The second-order valence-electron chi connectivity index (χ2n) is 11.8. The average molecular weight is 475 g/mol. The highest BCUT2D eigenvalue weighted by molar-refractivity contribution is 5.76. The number of aliphatic hydroxyl groups is 1. The fourth-order valence-corrected chi connectivity index (χ4v) is 7.99. The lowest BCUT2D eigenvalue weighted by Crippen LogP contribution is -2.57. The number of aliphatic carboxylic acids is 1. The van der Waals surface area contributed by atoms with Crippen molar-refractivity contribution in [3.05, 3.63) is 23.5 Å². The summed E-state index contributed by atoms with van der Waals surface area (Å²) in [6.07, 6.45) is 9.43. The third-order valence-electron chi connectivity index (χ3n) is 9.82. The Balaban J connectivity index is 1.75. The number of hydrogen-bond acceptors (Lipinski definition) is 5. The van der Waals surface area contributed by atoms with E-state index >= 15 is 0 Å². The van der Waals surface area contributed by atoms with Crippen LogP contribution in [-0.2, 0) is 19.1 Å². The predicted molar refractivity (Wildman–Crippen MR) is 129 cm³/mol. The third kappa shape index (κ3) is 4.00. The molecule has 190 valence electrons. The standard InChI is InChI=1S/C28H42O6/c1-6-33-19-7-11-26(4)18(15-19)16-20(25(31)34-17(2)3)24-21(26)8-12-27(5)22(24)9-13-28(27,32)14-10-23(29)30/h15-17,20-22,24,32H,6-14H2,1-5H3,(H,29,30)/t20-,21+,22+,24-,26+,27+,28-/m1/s1. The Hall–Kier alpha value is -1.82. The smallest absolute Gasteiger partial charge is 0.313 e. The fourth-order valence-electron chi connectivity index (χ4n) is 7.99. The molecule has 0 aromatic rings. The molecule has 0 bridgehead atoms. The molecule has 7 atom stereocenters. The van der Waals surface area contributed by atoms with Gasteiger partial charge in [-0.05, 0) is 99.5 Å². The molecule has 0 heterocycles. The number of carboxylic acid groups (broad SMARTS) is 1. The van der Waals surface area contributed by atoms with E-state index in [4.69, 9.17) is 9.47 Å².